The molecule has 5 nitrogen and oxygen atoms in total. The van der Waals surface area contributed by atoms with Crippen LogP contribution in [-0.4, -0.2) is 35.0 Å². The first-order valence-electron chi connectivity index (χ1n) is 7.82. The monoisotopic (exact) mass is 301 g/mol. The molecule has 0 radical (unpaired) electrons. The molecule has 1 aromatic rings. The Morgan fingerprint density at radius 3 is 2.86 bits per heavy atom. The zero-order chi connectivity index (χ0) is 15.3. The minimum atomic E-state index is -0.743. The van der Waals surface area contributed by atoms with Crippen molar-refractivity contribution in [3.8, 4) is 0 Å². The average Bonchev–Trinajstić information content (AvgIpc) is 3.18. The number of hydrogen-bond donors (Lipinski definition) is 1. The fourth-order valence-corrected chi connectivity index (χ4v) is 4.28. The van der Waals surface area contributed by atoms with Crippen LogP contribution in [0.4, 0.5) is 0 Å². The van der Waals surface area contributed by atoms with Gasteiger partial charge in [-0.2, -0.15) is 0 Å². The predicted octanol–water partition coefficient (Wildman–Crippen LogP) is 2.04. The molecule has 4 rings (SSSR count). The summed E-state index contributed by atoms with van der Waals surface area (Å²) in [6, 6.07) is 5.67. The Balaban J connectivity index is 1.58. The van der Waals surface area contributed by atoms with Gasteiger partial charge >= 0.3 is 5.97 Å². The second-order valence-electron chi connectivity index (χ2n) is 6.71. The molecule has 1 saturated heterocycles. The average molecular weight is 301 g/mol. The number of carbonyl (C=O) groups excluding carboxylic acids is 1. The number of carboxylic acids is 1. The largest absolute Gasteiger partial charge is 0.481 e. The van der Waals surface area contributed by atoms with Crippen LogP contribution in [0.1, 0.15) is 40.7 Å². The lowest BCUT2D eigenvalue weighted by Gasteiger charge is -2.23. The Hall–Kier alpha value is -1.88. The number of amides is 1. The maximum absolute atomic E-state index is 12.7. The van der Waals surface area contributed by atoms with Gasteiger partial charge in [0, 0.05) is 18.7 Å². The lowest BCUT2D eigenvalue weighted by molar-refractivity contribution is -0.149. The van der Waals surface area contributed by atoms with Crippen LogP contribution in [0.5, 0.6) is 0 Å². The maximum Gasteiger partial charge on any atom is 0.311 e. The van der Waals surface area contributed by atoms with E-state index in [9.17, 15) is 14.7 Å². The van der Waals surface area contributed by atoms with E-state index in [1.54, 1.807) is 4.90 Å². The molecule has 1 saturated carbocycles. The van der Waals surface area contributed by atoms with Gasteiger partial charge in [0.2, 0.25) is 0 Å². The normalized spacial score (nSPS) is 29.5. The van der Waals surface area contributed by atoms with E-state index in [1.807, 2.05) is 18.2 Å². The summed E-state index contributed by atoms with van der Waals surface area (Å²) in [6.07, 6.45) is 2.55. The molecule has 1 N–H and O–H groups in total. The third-order valence-electron chi connectivity index (χ3n) is 5.55. The summed E-state index contributed by atoms with van der Waals surface area (Å²) >= 11 is 0. The molecule has 5 heteroatoms. The molecule has 3 aliphatic rings. The third kappa shape index (κ3) is 1.88. The zero-order valence-electron chi connectivity index (χ0n) is 12.4. The van der Waals surface area contributed by atoms with Gasteiger partial charge in [-0.25, -0.2) is 0 Å². The Morgan fingerprint density at radius 2 is 2.09 bits per heavy atom. The molecule has 2 heterocycles. The van der Waals surface area contributed by atoms with Crippen molar-refractivity contribution in [2.45, 2.75) is 32.5 Å². The van der Waals surface area contributed by atoms with E-state index >= 15 is 0 Å². The molecule has 0 bridgehead atoms. The first kappa shape index (κ1) is 13.8. The van der Waals surface area contributed by atoms with Crippen LogP contribution >= 0.6 is 0 Å². The van der Waals surface area contributed by atoms with Crippen molar-refractivity contribution in [1.29, 1.82) is 0 Å². The summed E-state index contributed by atoms with van der Waals surface area (Å²) in [5.74, 6) is -0.691. The van der Waals surface area contributed by atoms with Crippen molar-refractivity contribution in [3.63, 3.8) is 0 Å². The van der Waals surface area contributed by atoms with Crippen molar-refractivity contribution in [3.05, 3.63) is 34.9 Å². The van der Waals surface area contributed by atoms with Crippen molar-refractivity contribution in [1.82, 2.24) is 4.90 Å². The van der Waals surface area contributed by atoms with Gasteiger partial charge in [0.15, 0.2) is 0 Å². The molecule has 22 heavy (non-hydrogen) atoms. The number of carboxylic acid groups (broad SMARTS) is 1. The lowest BCUT2D eigenvalue weighted by Crippen LogP contribution is -2.37. The molecule has 1 aromatic carbocycles. The van der Waals surface area contributed by atoms with Crippen molar-refractivity contribution < 1.29 is 19.4 Å². The molecular weight excluding hydrogens is 282 g/mol. The molecule has 2 atom stereocenters. The van der Waals surface area contributed by atoms with Gasteiger partial charge in [-0.1, -0.05) is 12.5 Å². The molecule has 1 aliphatic carbocycles. The third-order valence-corrected chi connectivity index (χ3v) is 5.55. The highest BCUT2D eigenvalue weighted by Crippen LogP contribution is 2.49. The number of carbonyl (C=O) groups is 2. The van der Waals surface area contributed by atoms with Crippen LogP contribution in [0.3, 0.4) is 0 Å². The van der Waals surface area contributed by atoms with Crippen molar-refractivity contribution >= 4 is 11.9 Å². The van der Waals surface area contributed by atoms with Crippen LogP contribution in [0.15, 0.2) is 18.2 Å². The molecule has 2 aliphatic heterocycles. The van der Waals surface area contributed by atoms with E-state index in [4.69, 9.17) is 4.74 Å². The summed E-state index contributed by atoms with van der Waals surface area (Å²) in [7, 11) is 0. The number of ether oxygens (including phenoxy) is 1. The summed E-state index contributed by atoms with van der Waals surface area (Å²) in [6.45, 7) is 2.08. The molecule has 1 amide bonds. The summed E-state index contributed by atoms with van der Waals surface area (Å²) in [5.41, 5.74) is 2.13. The number of hydrogen-bond acceptors (Lipinski definition) is 3. The number of benzene rings is 1. The quantitative estimate of drug-likeness (QED) is 0.908. The lowest BCUT2D eigenvalue weighted by atomic mass is 9.81. The minimum absolute atomic E-state index is 0.0512. The summed E-state index contributed by atoms with van der Waals surface area (Å²) in [4.78, 5) is 26.2. The SMILES string of the molecule is O=C(c1ccc2c(c1)COC2)N1C[C@@H]2CCC[C@@]2(C(=O)O)C1. The molecular formula is C17H19NO4. The zero-order valence-corrected chi connectivity index (χ0v) is 12.4. The van der Waals surface area contributed by atoms with E-state index in [0.717, 1.165) is 24.0 Å². The van der Waals surface area contributed by atoms with E-state index in [2.05, 4.69) is 0 Å². The number of nitrogens with zero attached hydrogens (tertiary/aromatic N) is 1. The Morgan fingerprint density at radius 1 is 1.27 bits per heavy atom. The number of rotatable bonds is 2. The van der Waals surface area contributed by atoms with Gasteiger partial charge in [0.1, 0.15) is 0 Å². The van der Waals surface area contributed by atoms with Crippen LogP contribution < -0.4 is 0 Å². The second-order valence-corrected chi connectivity index (χ2v) is 6.71. The van der Waals surface area contributed by atoms with Crippen molar-refractivity contribution in [2.75, 3.05) is 13.1 Å². The second kappa shape index (κ2) is 4.81. The topological polar surface area (TPSA) is 66.8 Å². The van der Waals surface area contributed by atoms with E-state index in [0.29, 0.717) is 38.3 Å². The van der Waals surface area contributed by atoms with E-state index in [1.165, 1.54) is 0 Å². The molecule has 0 aromatic heterocycles. The number of likely N-dealkylation sites (tertiary alicyclic amines) is 1. The smallest absolute Gasteiger partial charge is 0.311 e. The summed E-state index contributed by atoms with van der Waals surface area (Å²) < 4.78 is 5.38. The predicted molar refractivity (Wildman–Crippen MR) is 78.2 cm³/mol. The molecule has 116 valence electrons. The molecule has 0 unspecified atom stereocenters. The molecule has 2 fully saturated rings. The van der Waals surface area contributed by atoms with Crippen LogP contribution in [0.25, 0.3) is 0 Å². The number of aliphatic carboxylic acids is 1. The van der Waals surface area contributed by atoms with Gasteiger partial charge in [0.25, 0.3) is 5.91 Å². The van der Waals surface area contributed by atoms with Crippen LogP contribution in [0.2, 0.25) is 0 Å². The summed E-state index contributed by atoms with van der Waals surface area (Å²) in [5, 5.41) is 9.62. The van der Waals surface area contributed by atoms with Crippen molar-refractivity contribution in [2.24, 2.45) is 11.3 Å². The highest BCUT2D eigenvalue weighted by atomic mass is 16.5. The first-order chi connectivity index (χ1) is 10.6. The first-order valence-corrected chi connectivity index (χ1v) is 7.82. The van der Waals surface area contributed by atoms with E-state index in [-0.39, 0.29) is 11.8 Å². The minimum Gasteiger partial charge on any atom is -0.481 e. The van der Waals surface area contributed by atoms with E-state index < -0.39 is 11.4 Å². The highest BCUT2D eigenvalue weighted by Gasteiger charge is 2.55. The fraction of sp³-hybridized carbons (Fsp3) is 0.529. The maximum atomic E-state index is 12.7. The Kier molecular flexibility index (Phi) is 3.01. The fourth-order valence-electron chi connectivity index (χ4n) is 4.28. The van der Waals surface area contributed by atoms with Gasteiger partial charge in [-0.3, -0.25) is 9.59 Å². The van der Waals surface area contributed by atoms with Gasteiger partial charge in [-0.05, 0) is 42.0 Å². The van der Waals surface area contributed by atoms with Gasteiger partial charge in [-0.15, -0.1) is 0 Å². The van der Waals surface area contributed by atoms with Crippen LogP contribution in [-0.2, 0) is 22.7 Å². The molecule has 0 spiro atoms. The standard InChI is InChI=1S/C17H19NO4/c19-15(11-3-4-12-8-22-9-13(12)6-11)18-7-14-2-1-5-17(14,10-18)16(20)21/h3-4,6,14H,1-2,5,7-10H2,(H,20,21)/t14-,17+/m0/s1. The highest BCUT2D eigenvalue weighted by molar-refractivity contribution is 5.95. The number of fused-ring (bicyclic) bond motifs is 2. The van der Waals surface area contributed by atoms with Gasteiger partial charge < -0.3 is 14.7 Å². The van der Waals surface area contributed by atoms with Crippen LogP contribution in [0, 0.1) is 11.3 Å². The Bertz CT molecular complexity index is 656. The Labute approximate surface area is 128 Å². The van der Waals surface area contributed by atoms with Gasteiger partial charge in [0.05, 0.1) is 18.6 Å².